The number of aryl methyl sites for hydroxylation is 1. The van der Waals surface area contributed by atoms with Crippen molar-refractivity contribution in [1.82, 2.24) is 14.8 Å². The number of thiazole rings is 1. The summed E-state index contributed by atoms with van der Waals surface area (Å²) in [5.74, 6) is -0.00494. The molecule has 5 heteroatoms. The van der Waals surface area contributed by atoms with E-state index >= 15 is 0 Å². The van der Waals surface area contributed by atoms with Gasteiger partial charge in [-0.1, -0.05) is 0 Å². The van der Waals surface area contributed by atoms with Crippen LogP contribution in [0, 0.1) is 0 Å². The fraction of sp³-hybridized carbons (Fsp3) is 0.222. The van der Waals surface area contributed by atoms with Crippen LogP contribution in [0.25, 0.3) is 10.7 Å². The zero-order chi connectivity index (χ0) is 10.1. The molecule has 0 aliphatic carbocycles. The van der Waals surface area contributed by atoms with Crippen LogP contribution < -0.4 is 0 Å². The van der Waals surface area contributed by atoms with Gasteiger partial charge in [-0.05, 0) is 6.07 Å². The third-order valence-electron chi connectivity index (χ3n) is 1.90. The molecule has 2 rings (SSSR count). The summed E-state index contributed by atoms with van der Waals surface area (Å²) in [4.78, 5) is 15.3. The standard InChI is InChI=1S/C9H9N3OS/c1-6(13)7-5-14-9(11-7)8-3-4-10-12(8)2/h3-5H,1-2H3. The van der Waals surface area contributed by atoms with Gasteiger partial charge in [0, 0.05) is 25.5 Å². The maximum Gasteiger partial charge on any atom is 0.178 e. The third-order valence-corrected chi connectivity index (χ3v) is 2.77. The summed E-state index contributed by atoms with van der Waals surface area (Å²) in [6.45, 7) is 1.52. The van der Waals surface area contributed by atoms with E-state index in [1.165, 1.54) is 18.3 Å². The van der Waals surface area contributed by atoms with Gasteiger partial charge in [-0.15, -0.1) is 11.3 Å². The molecule has 0 saturated heterocycles. The molecule has 0 saturated carbocycles. The Kier molecular flexibility index (Phi) is 2.17. The molecule has 0 radical (unpaired) electrons. The van der Waals surface area contributed by atoms with E-state index in [9.17, 15) is 4.79 Å². The SMILES string of the molecule is CC(=O)c1csc(-c2ccnn2C)n1. The number of Topliss-reactive ketones (excluding diaryl/α,β-unsaturated/α-hetero) is 1. The summed E-state index contributed by atoms with van der Waals surface area (Å²) in [6, 6.07) is 1.88. The molecular formula is C9H9N3OS. The third kappa shape index (κ3) is 1.46. The van der Waals surface area contributed by atoms with Crippen molar-refractivity contribution in [3.05, 3.63) is 23.3 Å². The number of carbonyl (C=O) groups is 1. The van der Waals surface area contributed by atoms with E-state index in [1.807, 2.05) is 13.1 Å². The van der Waals surface area contributed by atoms with Crippen LogP contribution in [0.3, 0.4) is 0 Å². The molecule has 0 unspecified atom stereocenters. The van der Waals surface area contributed by atoms with E-state index in [0.29, 0.717) is 5.69 Å². The first-order chi connectivity index (χ1) is 6.68. The van der Waals surface area contributed by atoms with Crippen LogP contribution in [0.2, 0.25) is 0 Å². The second-order valence-electron chi connectivity index (χ2n) is 2.93. The molecule has 0 amide bonds. The average Bonchev–Trinajstić information content (AvgIpc) is 2.71. The molecule has 0 N–H and O–H groups in total. The maximum atomic E-state index is 11.0. The fourth-order valence-corrected chi connectivity index (χ4v) is 2.05. The van der Waals surface area contributed by atoms with Crippen molar-refractivity contribution in [3.8, 4) is 10.7 Å². The molecule has 0 aliphatic rings. The topological polar surface area (TPSA) is 47.8 Å². The van der Waals surface area contributed by atoms with Gasteiger partial charge in [0.2, 0.25) is 0 Å². The maximum absolute atomic E-state index is 11.0. The predicted molar refractivity (Wildman–Crippen MR) is 54.3 cm³/mol. The van der Waals surface area contributed by atoms with Crippen molar-refractivity contribution in [3.63, 3.8) is 0 Å². The van der Waals surface area contributed by atoms with Crippen molar-refractivity contribution >= 4 is 17.1 Å². The molecule has 2 aromatic heterocycles. The van der Waals surface area contributed by atoms with Crippen LogP contribution in [-0.4, -0.2) is 20.5 Å². The molecule has 72 valence electrons. The summed E-state index contributed by atoms with van der Waals surface area (Å²) < 4.78 is 1.74. The minimum atomic E-state index is -0.00494. The number of rotatable bonds is 2. The summed E-state index contributed by atoms with van der Waals surface area (Å²) in [7, 11) is 1.85. The van der Waals surface area contributed by atoms with Gasteiger partial charge < -0.3 is 0 Å². The molecule has 0 atom stereocenters. The lowest BCUT2D eigenvalue weighted by Gasteiger charge is -1.94. The van der Waals surface area contributed by atoms with Crippen LogP contribution in [0.4, 0.5) is 0 Å². The van der Waals surface area contributed by atoms with Crippen molar-refractivity contribution < 1.29 is 4.79 Å². The molecular weight excluding hydrogens is 198 g/mol. The second kappa shape index (κ2) is 3.34. The smallest absolute Gasteiger partial charge is 0.178 e. The van der Waals surface area contributed by atoms with Gasteiger partial charge in [0.25, 0.3) is 0 Å². The van der Waals surface area contributed by atoms with Gasteiger partial charge in [0.15, 0.2) is 5.78 Å². The minimum absolute atomic E-state index is 0.00494. The Morgan fingerprint density at radius 3 is 2.86 bits per heavy atom. The molecule has 2 heterocycles. The zero-order valence-corrected chi connectivity index (χ0v) is 8.71. The molecule has 0 spiro atoms. The van der Waals surface area contributed by atoms with Crippen LogP contribution in [0.1, 0.15) is 17.4 Å². The molecule has 0 aromatic carbocycles. The number of hydrogen-bond donors (Lipinski definition) is 0. The van der Waals surface area contributed by atoms with E-state index in [0.717, 1.165) is 10.7 Å². The number of carbonyl (C=O) groups excluding carboxylic acids is 1. The predicted octanol–water partition coefficient (Wildman–Crippen LogP) is 1.75. The molecule has 0 bridgehead atoms. The first-order valence-corrected chi connectivity index (χ1v) is 5.01. The monoisotopic (exact) mass is 207 g/mol. The zero-order valence-electron chi connectivity index (χ0n) is 7.89. The van der Waals surface area contributed by atoms with Crippen LogP contribution in [0.15, 0.2) is 17.6 Å². The Balaban J connectivity index is 2.43. The normalized spacial score (nSPS) is 10.4. The number of aromatic nitrogens is 3. The van der Waals surface area contributed by atoms with Crippen LogP contribution in [-0.2, 0) is 7.05 Å². The Morgan fingerprint density at radius 2 is 2.36 bits per heavy atom. The lowest BCUT2D eigenvalue weighted by atomic mass is 10.3. The first-order valence-electron chi connectivity index (χ1n) is 4.13. The van der Waals surface area contributed by atoms with Crippen molar-refractivity contribution in [2.24, 2.45) is 7.05 Å². The lowest BCUT2D eigenvalue weighted by Crippen LogP contribution is -1.95. The van der Waals surface area contributed by atoms with E-state index in [-0.39, 0.29) is 5.78 Å². The Labute approximate surface area is 85.2 Å². The summed E-state index contributed by atoms with van der Waals surface area (Å²) in [5, 5.41) is 6.64. The van der Waals surface area contributed by atoms with E-state index in [2.05, 4.69) is 10.1 Å². The van der Waals surface area contributed by atoms with Crippen molar-refractivity contribution in [2.45, 2.75) is 6.92 Å². The van der Waals surface area contributed by atoms with Crippen LogP contribution in [0.5, 0.6) is 0 Å². The van der Waals surface area contributed by atoms with Crippen molar-refractivity contribution in [1.29, 1.82) is 0 Å². The molecule has 0 aliphatic heterocycles. The molecule has 0 fully saturated rings. The highest BCUT2D eigenvalue weighted by Gasteiger charge is 2.09. The molecule has 2 aromatic rings. The highest BCUT2D eigenvalue weighted by atomic mass is 32.1. The van der Waals surface area contributed by atoms with Crippen molar-refractivity contribution in [2.75, 3.05) is 0 Å². The molecule has 14 heavy (non-hydrogen) atoms. The van der Waals surface area contributed by atoms with Gasteiger partial charge in [-0.2, -0.15) is 5.10 Å². The Hall–Kier alpha value is -1.49. The highest BCUT2D eigenvalue weighted by molar-refractivity contribution is 7.13. The summed E-state index contributed by atoms with van der Waals surface area (Å²) in [5.41, 5.74) is 1.45. The number of ketones is 1. The van der Waals surface area contributed by atoms with E-state index in [4.69, 9.17) is 0 Å². The second-order valence-corrected chi connectivity index (χ2v) is 3.79. The quantitative estimate of drug-likeness (QED) is 0.705. The lowest BCUT2D eigenvalue weighted by molar-refractivity contribution is 0.101. The van der Waals surface area contributed by atoms with E-state index < -0.39 is 0 Å². The largest absolute Gasteiger partial charge is 0.293 e. The summed E-state index contributed by atoms with van der Waals surface area (Å²) >= 11 is 1.46. The minimum Gasteiger partial charge on any atom is -0.293 e. The van der Waals surface area contributed by atoms with Gasteiger partial charge >= 0.3 is 0 Å². The number of hydrogen-bond acceptors (Lipinski definition) is 4. The van der Waals surface area contributed by atoms with Crippen LogP contribution >= 0.6 is 11.3 Å². The van der Waals surface area contributed by atoms with Gasteiger partial charge in [-0.3, -0.25) is 9.48 Å². The molecule has 4 nitrogen and oxygen atoms in total. The fourth-order valence-electron chi connectivity index (χ4n) is 1.14. The van der Waals surface area contributed by atoms with E-state index in [1.54, 1.807) is 16.3 Å². The highest BCUT2D eigenvalue weighted by Crippen LogP contribution is 2.22. The van der Waals surface area contributed by atoms with Gasteiger partial charge in [0.05, 0.1) is 5.69 Å². The van der Waals surface area contributed by atoms with Gasteiger partial charge in [-0.25, -0.2) is 4.98 Å². The Bertz CT molecular complexity index is 472. The average molecular weight is 207 g/mol. The Morgan fingerprint density at radius 1 is 1.57 bits per heavy atom. The summed E-state index contributed by atoms with van der Waals surface area (Å²) in [6.07, 6.45) is 1.71. The number of nitrogens with zero attached hydrogens (tertiary/aromatic N) is 3. The van der Waals surface area contributed by atoms with Gasteiger partial charge in [0.1, 0.15) is 10.7 Å². The first kappa shape index (κ1) is 9.08.